The Morgan fingerprint density at radius 1 is 1.35 bits per heavy atom. The van der Waals surface area contributed by atoms with Crippen molar-refractivity contribution in [3.05, 3.63) is 29.8 Å². The average Bonchev–Trinajstić information content (AvgIpc) is 3.09. The van der Waals surface area contributed by atoms with E-state index in [1.165, 1.54) is 19.3 Å². The monoisotopic (exact) mass is 294 g/mol. The Morgan fingerprint density at radius 2 is 2.15 bits per heavy atom. The van der Waals surface area contributed by atoms with E-state index in [0.717, 1.165) is 12.8 Å². The van der Waals surface area contributed by atoms with Gasteiger partial charge >= 0.3 is 0 Å². The Balaban J connectivity index is 1.68. The van der Waals surface area contributed by atoms with Crippen LogP contribution in [0.15, 0.2) is 26.2 Å². The minimum atomic E-state index is -1.19. The van der Waals surface area contributed by atoms with Gasteiger partial charge in [-0.3, -0.25) is 4.21 Å². The van der Waals surface area contributed by atoms with Crippen molar-refractivity contribution in [1.29, 1.82) is 0 Å². The van der Waals surface area contributed by atoms with Crippen LogP contribution in [-0.2, 0) is 16.6 Å². The molecule has 0 radical (unpaired) electrons. The van der Waals surface area contributed by atoms with Crippen LogP contribution in [0.3, 0.4) is 0 Å². The third-order valence-corrected chi connectivity index (χ3v) is 5.19. The zero-order valence-electron chi connectivity index (χ0n) is 11.5. The first kappa shape index (κ1) is 13.5. The number of hydrogen-bond donors (Lipinski definition) is 0. The number of furan rings is 1. The largest absolute Gasteiger partial charge is 0.468 e. The van der Waals surface area contributed by atoms with Crippen LogP contribution in [0.25, 0.3) is 0 Å². The normalized spacial score (nSPS) is 18.2. The number of aromatic nitrogens is 2. The molecule has 1 aliphatic rings. The highest BCUT2D eigenvalue weighted by molar-refractivity contribution is 7.84. The van der Waals surface area contributed by atoms with Gasteiger partial charge in [0.15, 0.2) is 5.82 Å². The van der Waals surface area contributed by atoms with Crippen LogP contribution >= 0.6 is 0 Å². The van der Waals surface area contributed by atoms with Gasteiger partial charge in [0.1, 0.15) is 5.76 Å². The van der Waals surface area contributed by atoms with Crippen LogP contribution in [0.4, 0.5) is 0 Å². The molecule has 1 unspecified atom stereocenters. The Bertz CT molecular complexity index is 599. The van der Waals surface area contributed by atoms with Crippen LogP contribution in [-0.4, -0.2) is 14.3 Å². The predicted octanol–water partition coefficient (Wildman–Crippen LogP) is 3.33. The summed E-state index contributed by atoms with van der Waals surface area (Å²) in [4.78, 5) is 5.11. The molecule has 1 saturated carbocycles. The first-order valence-electron chi connectivity index (χ1n) is 6.99. The molecule has 0 N–H and O–H groups in total. The molecular formula is C14H18N2O3S. The van der Waals surface area contributed by atoms with E-state index in [2.05, 4.69) is 10.1 Å². The molecule has 1 aliphatic carbocycles. The van der Waals surface area contributed by atoms with Crippen LogP contribution in [0.5, 0.6) is 0 Å². The van der Waals surface area contributed by atoms with Gasteiger partial charge in [-0.2, -0.15) is 4.98 Å². The topological polar surface area (TPSA) is 69.1 Å². The molecule has 6 heteroatoms. The van der Waals surface area contributed by atoms with E-state index in [-0.39, 0.29) is 5.75 Å². The molecule has 0 spiro atoms. The molecule has 1 atom stereocenters. The second kappa shape index (κ2) is 5.91. The van der Waals surface area contributed by atoms with Gasteiger partial charge in [0.25, 0.3) is 0 Å². The molecule has 0 aromatic carbocycles. The highest BCUT2D eigenvalue weighted by Gasteiger charge is 2.22. The minimum absolute atomic E-state index is 0.274. The van der Waals surface area contributed by atoms with E-state index in [9.17, 15) is 4.21 Å². The zero-order valence-corrected chi connectivity index (χ0v) is 12.3. The first-order valence-corrected chi connectivity index (χ1v) is 8.31. The summed E-state index contributed by atoms with van der Waals surface area (Å²) >= 11 is 0. The van der Waals surface area contributed by atoms with Gasteiger partial charge in [0.2, 0.25) is 5.89 Å². The maximum atomic E-state index is 12.2. The highest BCUT2D eigenvalue weighted by Crippen LogP contribution is 2.31. The third-order valence-electron chi connectivity index (χ3n) is 3.75. The smallest absolute Gasteiger partial charge is 0.229 e. The van der Waals surface area contributed by atoms with E-state index in [0.29, 0.717) is 28.3 Å². The summed E-state index contributed by atoms with van der Waals surface area (Å²) in [6, 6.07) is 1.73. The zero-order chi connectivity index (χ0) is 13.9. The fourth-order valence-electron chi connectivity index (χ4n) is 2.65. The summed E-state index contributed by atoms with van der Waals surface area (Å²) in [5, 5.41) is 3.96. The molecule has 0 aliphatic heterocycles. The molecule has 108 valence electrons. The summed E-state index contributed by atoms with van der Waals surface area (Å²) < 4.78 is 22.7. The van der Waals surface area contributed by atoms with Gasteiger partial charge in [-0.15, -0.1) is 0 Å². The van der Waals surface area contributed by atoms with Crippen molar-refractivity contribution in [2.45, 2.75) is 55.6 Å². The third kappa shape index (κ3) is 2.85. The van der Waals surface area contributed by atoms with E-state index in [1.54, 1.807) is 19.3 Å². The minimum Gasteiger partial charge on any atom is -0.468 e. The number of nitrogens with zero attached hydrogens (tertiary/aromatic N) is 2. The van der Waals surface area contributed by atoms with Crippen molar-refractivity contribution < 1.29 is 13.1 Å². The molecule has 2 aromatic heterocycles. The van der Waals surface area contributed by atoms with Crippen molar-refractivity contribution in [3.63, 3.8) is 0 Å². The highest BCUT2D eigenvalue weighted by atomic mass is 32.2. The summed E-state index contributed by atoms with van der Waals surface area (Å²) in [5.41, 5.74) is 0. The van der Waals surface area contributed by atoms with E-state index < -0.39 is 10.8 Å². The van der Waals surface area contributed by atoms with Gasteiger partial charge in [-0.25, -0.2) is 0 Å². The van der Waals surface area contributed by atoms with E-state index in [1.807, 2.05) is 0 Å². The van der Waals surface area contributed by atoms with Gasteiger partial charge in [0.05, 0.1) is 27.7 Å². The van der Waals surface area contributed by atoms with Crippen molar-refractivity contribution >= 4 is 10.8 Å². The van der Waals surface area contributed by atoms with Crippen LogP contribution in [0, 0.1) is 6.92 Å². The average molecular weight is 294 g/mol. The number of aryl methyl sites for hydroxylation is 1. The lowest BCUT2D eigenvalue weighted by atomic mass is 9.89. The molecule has 0 amide bonds. The number of hydrogen-bond acceptors (Lipinski definition) is 5. The quantitative estimate of drug-likeness (QED) is 0.865. The number of rotatable bonds is 4. The van der Waals surface area contributed by atoms with Gasteiger partial charge < -0.3 is 8.94 Å². The van der Waals surface area contributed by atoms with Crippen molar-refractivity contribution in [2.24, 2.45) is 0 Å². The SMILES string of the molecule is Cc1occc1S(=O)Cc1noc(C2CCCCC2)n1. The molecule has 5 nitrogen and oxygen atoms in total. The molecular weight excluding hydrogens is 276 g/mol. The summed E-state index contributed by atoms with van der Waals surface area (Å²) in [7, 11) is -1.19. The van der Waals surface area contributed by atoms with E-state index >= 15 is 0 Å². The summed E-state index contributed by atoms with van der Waals surface area (Å²) in [5.74, 6) is 2.56. The molecule has 1 fully saturated rings. The molecule has 20 heavy (non-hydrogen) atoms. The fourth-order valence-corrected chi connectivity index (χ4v) is 3.73. The van der Waals surface area contributed by atoms with Crippen molar-refractivity contribution in [1.82, 2.24) is 10.1 Å². The molecule has 2 heterocycles. The fraction of sp³-hybridized carbons (Fsp3) is 0.571. The Labute approximate surface area is 120 Å². The molecule has 3 rings (SSSR count). The Morgan fingerprint density at radius 3 is 2.85 bits per heavy atom. The molecule has 0 saturated heterocycles. The summed E-state index contributed by atoms with van der Waals surface area (Å²) in [6.45, 7) is 1.80. The van der Waals surface area contributed by atoms with Crippen LogP contribution < -0.4 is 0 Å². The van der Waals surface area contributed by atoms with Gasteiger partial charge in [-0.1, -0.05) is 24.4 Å². The first-order chi connectivity index (χ1) is 9.74. The lowest BCUT2D eigenvalue weighted by Gasteiger charge is -2.17. The second-order valence-electron chi connectivity index (χ2n) is 5.21. The van der Waals surface area contributed by atoms with E-state index in [4.69, 9.17) is 8.94 Å². The van der Waals surface area contributed by atoms with Crippen LogP contribution in [0.1, 0.15) is 55.5 Å². The van der Waals surface area contributed by atoms with Crippen molar-refractivity contribution in [3.8, 4) is 0 Å². The second-order valence-corrected chi connectivity index (χ2v) is 6.63. The Kier molecular flexibility index (Phi) is 4.00. The standard InChI is InChI=1S/C14H18N2O3S/c1-10-12(7-8-18-10)20(17)9-13-15-14(19-16-13)11-5-3-2-4-6-11/h7-8,11H,2-6,9H2,1H3. The molecule has 2 aromatic rings. The van der Waals surface area contributed by atoms with Crippen molar-refractivity contribution in [2.75, 3.05) is 0 Å². The Hall–Kier alpha value is -1.43. The maximum Gasteiger partial charge on any atom is 0.229 e. The molecule has 0 bridgehead atoms. The van der Waals surface area contributed by atoms with Crippen LogP contribution in [0.2, 0.25) is 0 Å². The lowest BCUT2D eigenvalue weighted by Crippen LogP contribution is -2.05. The summed E-state index contributed by atoms with van der Waals surface area (Å²) in [6.07, 6.45) is 7.52. The lowest BCUT2D eigenvalue weighted by molar-refractivity contribution is 0.312. The maximum absolute atomic E-state index is 12.2. The predicted molar refractivity (Wildman–Crippen MR) is 73.7 cm³/mol. The van der Waals surface area contributed by atoms with Gasteiger partial charge in [-0.05, 0) is 25.8 Å². The van der Waals surface area contributed by atoms with Gasteiger partial charge in [0, 0.05) is 5.92 Å².